The molecule has 0 aromatic rings. The van der Waals surface area contributed by atoms with Crippen molar-refractivity contribution in [1.29, 1.82) is 0 Å². The highest BCUT2D eigenvalue weighted by Gasteiger charge is 2.30. The molecule has 0 aliphatic carbocycles. The van der Waals surface area contributed by atoms with E-state index >= 15 is 0 Å². The number of phosphoric ester groups is 2. The SMILES string of the molecule is CC/C=C\C/C=C\C/C=C\C/C=C\C/C=C\C/C=C\CCC(=O)OCC(COP(=O)(O)OCC(O)COP(=O)(O)OCC(COC(=O)CCCC/C=C\C/C=C\C/C=C\C/C=C\CC)OC(=O)CCCCCCC/C=C\C/C=C\CCCCC)OC(=O)CCCC/C=C\C/C=C\C/C=C\C/C=C\CC. The van der Waals surface area contributed by atoms with Crippen LogP contribution in [0.3, 0.4) is 0 Å². The summed E-state index contributed by atoms with van der Waals surface area (Å²) < 4.78 is 68.3. The van der Waals surface area contributed by atoms with Crippen LogP contribution in [0.15, 0.2) is 194 Å². The first-order chi connectivity index (χ1) is 50.7. The molecule has 0 fully saturated rings. The molecule has 0 rings (SSSR count). The van der Waals surface area contributed by atoms with Crippen molar-refractivity contribution in [3.8, 4) is 0 Å². The lowest BCUT2D eigenvalue weighted by molar-refractivity contribution is -0.161. The van der Waals surface area contributed by atoms with Crippen molar-refractivity contribution in [2.45, 2.75) is 277 Å². The number of hydrogen-bond donors (Lipinski definition) is 3. The lowest BCUT2D eigenvalue weighted by Gasteiger charge is -2.21. The second-order valence-corrected chi connectivity index (χ2v) is 27.7. The predicted octanol–water partition coefficient (Wildman–Crippen LogP) is 22.5. The maximum atomic E-state index is 13.1. The molecule has 0 aliphatic heterocycles. The Hall–Kier alpha value is -6.10. The van der Waals surface area contributed by atoms with Crippen molar-refractivity contribution in [2.24, 2.45) is 0 Å². The van der Waals surface area contributed by atoms with E-state index in [-0.39, 0.29) is 25.7 Å². The lowest BCUT2D eigenvalue weighted by atomic mass is 10.1. The Labute approximate surface area is 627 Å². The zero-order chi connectivity index (χ0) is 76.0. The third kappa shape index (κ3) is 74.2. The minimum atomic E-state index is -5.02. The van der Waals surface area contributed by atoms with Gasteiger partial charge in [-0.15, -0.1) is 0 Å². The van der Waals surface area contributed by atoms with Crippen LogP contribution in [0.1, 0.15) is 259 Å². The van der Waals surface area contributed by atoms with Crippen LogP contribution < -0.4 is 0 Å². The number of phosphoric acid groups is 2. The average molecular weight is 1490 g/mol. The predicted molar refractivity (Wildman–Crippen MR) is 426 cm³/mol. The third-order valence-electron chi connectivity index (χ3n) is 15.0. The Kier molecular flexibility index (Phi) is 70.7. The first kappa shape index (κ1) is 97.9. The van der Waals surface area contributed by atoms with Gasteiger partial charge in [-0.25, -0.2) is 9.13 Å². The van der Waals surface area contributed by atoms with E-state index in [0.29, 0.717) is 38.5 Å². The Morgan fingerprint density at radius 3 is 0.846 bits per heavy atom. The molecule has 586 valence electrons. The van der Waals surface area contributed by atoms with Gasteiger partial charge in [0.2, 0.25) is 0 Å². The molecule has 19 heteroatoms. The second kappa shape index (κ2) is 75.1. The summed E-state index contributed by atoms with van der Waals surface area (Å²) in [4.78, 5) is 72.9. The maximum Gasteiger partial charge on any atom is 0.472 e. The molecule has 0 saturated carbocycles. The van der Waals surface area contributed by atoms with Crippen molar-refractivity contribution < 1.29 is 80.2 Å². The van der Waals surface area contributed by atoms with Crippen LogP contribution >= 0.6 is 15.6 Å². The van der Waals surface area contributed by atoms with Gasteiger partial charge >= 0.3 is 39.5 Å². The molecular formula is C85H134O17P2. The minimum Gasteiger partial charge on any atom is -0.462 e. The number of aliphatic hydroxyl groups is 1. The molecule has 5 unspecified atom stereocenters. The number of esters is 4. The number of rotatable bonds is 70. The molecule has 0 spiro atoms. The summed E-state index contributed by atoms with van der Waals surface area (Å²) in [7, 11) is -10.0. The van der Waals surface area contributed by atoms with E-state index in [1.807, 2.05) is 24.3 Å². The van der Waals surface area contributed by atoms with E-state index in [4.69, 9.17) is 37.0 Å². The quantitative estimate of drug-likeness (QED) is 0.0169. The highest BCUT2D eigenvalue weighted by molar-refractivity contribution is 7.47. The molecule has 0 aromatic heterocycles. The summed E-state index contributed by atoms with van der Waals surface area (Å²) in [6, 6.07) is 0. The molecule has 0 saturated heterocycles. The summed E-state index contributed by atoms with van der Waals surface area (Å²) in [5.41, 5.74) is 0. The lowest BCUT2D eigenvalue weighted by Crippen LogP contribution is -2.30. The molecule has 0 heterocycles. The third-order valence-corrected chi connectivity index (χ3v) is 16.9. The molecule has 5 atom stereocenters. The number of allylic oxidation sites excluding steroid dienone is 32. The zero-order valence-electron chi connectivity index (χ0n) is 63.9. The van der Waals surface area contributed by atoms with Crippen LogP contribution in [-0.2, 0) is 65.4 Å². The van der Waals surface area contributed by atoms with Gasteiger partial charge in [-0.3, -0.25) is 37.3 Å². The zero-order valence-corrected chi connectivity index (χ0v) is 65.6. The second-order valence-electron chi connectivity index (χ2n) is 24.8. The summed E-state index contributed by atoms with van der Waals surface area (Å²) in [6.07, 6.45) is 91.6. The first-order valence-corrected chi connectivity index (χ1v) is 41.7. The highest BCUT2D eigenvalue weighted by Crippen LogP contribution is 2.45. The van der Waals surface area contributed by atoms with Crippen LogP contribution in [0.2, 0.25) is 0 Å². The van der Waals surface area contributed by atoms with Crippen LogP contribution in [0.4, 0.5) is 0 Å². The van der Waals surface area contributed by atoms with Crippen LogP contribution in [0, 0.1) is 0 Å². The van der Waals surface area contributed by atoms with Crippen molar-refractivity contribution >= 4 is 39.5 Å². The molecule has 0 bridgehead atoms. The fourth-order valence-corrected chi connectivity index (χ4v) is 10.8. The molecule has 0 aliphatic rings. The van der Waals surface area contributed by atoms with Gasteiger partial charge in [0.25, 0.3) is 0 Å². The molecule has 0 amide bonds. The molecule has 17 nitrogen and oxygen atoms in total. The Balaban J connectivity index is 5.53. The van der Waals surface area contributed by atoms with Crippen molar-refractivity contribution in [3.63, 3.8) is 0 Å². The fraction of sp³-hybridized carbons (Fsp3) is 0.576. The van der Waals surface area contributed by atoms with Crippen LogP contribution in [0.25, 0.3) is 0 Å². The minimum absolute atomic E-state index is 0.0173. The summed E-state index contributed by atoms with van der Waals surface area (Å²) in [5.74, 6) is -2.41. The molecule has 3 N–H and O–H groups in total. The number of aliphatic hydroxyl groups excluding tert-OH is 1. The van der Waals surface area contributed by atoms with Crippen molar-refractivity contribution in [1.82, 2.24) is 0 Å². The largest absolute Gasteiger partial charge is 0.472 e. The summed E-state index contributed by atoms with van der Waals surface area (Å²) in [5, 5.41) is 10.6. The van der Waals surface area contributed by atoms with Gasteiger partial charge in [-0.1, -0.05) is 254 Å². The maximum absolute atomic E-state index is 13.1. The Morgan fingerprint density at radius 1 is 0.279 bits per heavy atom. The topological polar surface area (TPSA) is 237 Å². The molecule has 0 radical (unpaired) electrons. The van der Waals surface area contributed by atoms with E-state index < -0.39 is 97.5 Å². The molecule has 0 aromatic carbocycles. The van der Waals surface area contributed by atoms with Crippen molar-refractivity contribution in [2.75, 3.05) is 39.6 Å². The van der Waals surface area contributed by atoms with Crippen LogP contribution in [0.5, 0.6) is 0 Å². The van der Waals surface area contributed by atoms with E-state index in [9.17, 15) is 43.2 Å². The number of hydrogen-bond acceptors (Lipinski definition) is 15. The number of unbranched alkanes of at least 4 members (excludes halogenated alkanes) is 12. The van der Waals surface area contributed by atoms with Crippen molar-refractivity contribution in [3.05, 3.63) is 194 Å². The van der Waals surface area contributed by atoms with Gasteiger partial charge in [-0.05, 0) is 173 Å². The first-order valence-electron chi connectivity index (χ1n) is 38.7. The average Bonchev–Trinajstić information content (AvgIpc) is 0.918. The van der Waals surface area contributed by atoms with Gasteiger partial charge in [0.15, 0.2) is 12.2 Å². The standard InChI is InChI=1S/C85H134O17P2/c1-5-9-13-17-21-25-29-33-37-38-39-40-44-46-50-54-58-62-66-70-83(88)96-76-81(102-85(90)72-68-64-60-56-52-48-43-36-32-28-24-20-16-12-8-4)78-100-104(93,94)98-74-79(86)73-97-103(91,92)99-77-80(101-84(89)71-67-63-59-55-51-47-42-35-31-27-23-19-15-11-7-3)75-95-82(87)69-65-61-57-53-49-45-41-34-30-26-22-18-14-10-6-2/h9-10,12-14,16,21-28,33-37,39-43,46,49-50,52-53,56,58,62,79-81,86H,5-8,11,15,17-20,29-32,38,44-45,47-48,51,54-55,57,59-61,63-78H2,1-4H3,(H,91,92)(H,93,94)/b13-9-,14-10-,16-12-,25-21-,26-22-,27-23-,28-24-,37-33-,40-39-,41-34-,42-35-,43-36-,50-46-,53-49-,56-52-,62-58-. The van der Waals surface area contributed by atoms with Gasteiger partial charge in [-0.2, -0.15) is 0 Å². The van der Waals surface area contributed by atoms with Gasteiger partial charge in [0, 0.05) is 25.7 Å². The normalized spacial score (nSPS) is 15.0. The van der Waals surface area contributed by atoms with E-state index in [0.717, 1.165) is 148 Å². The highest BCUT2D eigenvalue weighted by atomic mass is 31.2. The van der Waals surface area contributed by atoms with Gasteiger partial charge in [0.05, 0.1) is 26.4 Å². The number of carbonyl (C=O) groups excluding carboxylic acids is 4. The summed E-state index contributed by atoms with van der Waals surface area (Å²) in [6.45, 7) is 4.26. The van der Waals surface area contributed by atoms with Gasteiger partial charge in [0.1, 0.15) is 19.3 Å². The van der Waals surface area contributed by atoms with Crippen LogP contribution in [-0.4, -0.2) is 96.7 Å². The van der Waals surface area contributed by atoms with E-state index in [1.54, 1.807) is 0 Å². The molecule has 104 heavy (non-hydrogen) atoms. The summed E-state index contributed by atoms with van der Waals surface area (Å²) >= 11 is 0. The monoisotopic (exact) mass is 1490 g/mol. The fourth-order valence-electron chi connectivity index (χ4n) is 9.26. The smallest absolute Gasteiger partial charge is 0.462 e. The van der Waals surface area contributed by atoms with E-state index in [2.05, 4.69) is 198 Å². The number of ether oxygens (including phenoxy) is 4. The Bertz CT molecular complexity index is 2740. The molecular weight excluding hydrogens is 1350 g/mol. The van der Waals surface area contributed by atoms with E-state index in [1.165, 1.54) is 19.3 Å². The number of carbonyl (C=O) groups is 4. The Morgan fingerprint density at radius 2 is 0.519 bits per heavy atom. The van der Waals surface area contributed by atoms with Gasteiger partial charge < -0.3 is 33.8 Å².